The van der Waals surface area contributed by atoms with Crippen LogP contribution < -0.4 is 0 Å². The van der Waals surface area contributed by atoms with E-state index in [4.69, 9.17) is 13.9 Å². The summed E-state index contributed by atoms with van der Waals surface area (Å²) in [4.78, 5) is 49.3. The molecule has 2 amide bonds. The van der Waals surface area contributed by atoms with Gasteiger partial charge in [-0.15, -0.1) is 0 Å². The van der Waals surface area contributed by atoms with Gasteiger partial charge < -0.3 is 13.9 Å². The van der Waals surface area contributed by atoms with E-state index in [1.807, 2.05) is 0 Å². The highest BCUT2D eigenvalue weighted by Crippen LogP contribution is 2.34. The standard InChI is InChI=1S/C21H19NO7S/c1-12(2)28-18(23)11-22-19(24)17(30-21(22)26)10-13-8-9-16(29-13)14-6-4-5-7-15(14)20(25)27-3/h4-10,12H,11H2,1-3H3/b17-10-. The average Bonchev–Trinajstić information content (AvgIpc) is 3.27. The van der Waals surface area contributed by atoms with E-state index in [0.29, 0.717) is 34.4 Å². The van der Waals surface area contributed by atoms with Gasteiger partial charge in [0.2, 0.25) is 0 Å². The van der Waals surface area contributed by atoms with Crippen LogP contribution in [0.3, 0.4) is 0 Å². The third-order valence-corrected chi connectivity index (χ3v) is 4.93. The summed E-state index contributed by atoms with van der Waals surface area (Å²) in [6.45, 7) is 2.91. The van der Waals surface area contributed by atoms with Gasteiger partial charge in [-0.2, -0.15) is 0 Å². The maximum Gasteiger partial charge on any atom is 0.338 e. The summed E-state index contributed by atoms with van der Waals surface area (Å²) in [6, 6.07) is 10.1. The molecule has 8 nitrogen and oxygen atoms in total. The Labute approximate surface area is 176 Å². The lowest BCUT2D eigenvalue weighted by atomic mass is 10.1. The van der Waals surface area contributed by atoms with Crippen molar-refractivity contribution in [1.82, 2.24) is 4.90 Å². The summed E-state index contributed by atoms with van der Waals surface area (Å²) in [5.74, 6) is -1.04. The second kappa shape index (κ2) is 9.00. The van der Waals surface area contributed by atoms with Gasteiger partial charge in [0, 0.05) is 11.6 Å². The van der Waals surface area contributed by atoms with Gasteiger partial charge in [-0.3, -0.25) is 19.3 Å². The number of carbonyl (C=O) groups is 4. The Morgan fingerprint density at radius 3 is 2.60 bits per heavy atom. The van der Waals surface area contributed by atoms with Gasteiger partial charge in [-0.1, -0.05) is 18.2 Å². The molecule has 2 aromatic rings. The van der Waals surface area contributed by atoms with Crippen molar-refractivity contribution in [3.63, 3.8) is 0 Å². The van der Waals surface area contributed by atoms with Crippen molar-refractivity contribution in [2.24, 2.45) is 0 Å². The van der Waals surface area contributed by atoms with E-state index in [9.17, 15) is 19.2 Å². The van der Waals surface area contributed by atoms with Crippen LogP contribution >= 0.6 is 11.8 Å². The molecule has 156 valence electrons. The second-order valence-electron chi connectivity index (χ2n) is 6.55. The summed E-state index contributed by atoms with van der Waals surface area (Å²) >= 11 is 0.711. The highest BCUT2D eigenvalue weighted by molar-refractivity contribution is 8.18. The summed E-state index contributed by atoms with van der Waals surface area (Å²) < 4.78 is 15.5. The summed E-state index contributed by atoms with van der Waals surface area (Å²) in [5.41, 5.74) is 0.874. The maximum absolute atomic E-state index is 12.5. The van der Waals surface area contributed by atoms with Crippen LogP contribution in [0.2, 0.25) is 0 Å². The van der Waals surface area contributed by atoms with Crippen LogP contribution in [0, 0.1) is 0 Å². The van der Waals surface area contributed by atoms with Crippen LogP contribution in [0.5, 0.6) is 0 Å². The molecule has 3 rings (SSSR count). The van der Waals surface area contributed by atoms with Gasteiger partial charge in [0.25, 0.3) is 11.1 Å². The van der Waals surface area contributed by atoms with Crippen LogP contribution in [0.4, 0.5) is 4.79 Å². The molecule has 0 spiro atoms. The molecule has 0 unspecified atom stereocenters. The number of rotatable bonds is 6. The number of carbonyl (C=O) groups excluding carboxylic acids is 4. The first-order valence-electron chi connectivity index (χ1n) is 9.02. The zero-order valence-corrected chi connectivity index (χ0v) is 17.4. The highest BCUT2D eigenvalue weighted by atomic mass is 32.2. The van der Waals surface area contributed by atoms with Crippen molar-refractivity contribution >= 4 is 40.9 Å². The number of ether oxygens (including phenoxy) is 2. The average molecular weight is 429 g/mol. The number of amides is 2. The fraction of sp³-hybridized carbons (Fsp3) is 0.238. The molecule has 0 bridgehead atoms. The normalized spacial score (nSPS) is 15.2. The molecule has 1 aromatic carbocycles. The number of furan rings is 1. The smallest absolute Gasteiger partial charge is 0.338 e. The maximum atomic E-state index is 12.5. The minimum Gasteiger partial charge on any atom is -0.465 e. The first-order chi connectivity index (χ1) is 14.3. The van der Waals surface area contributed by atoms with Crippen LogP contribution in [-0.4, -0.2) is 47.7 Å². The minimum atomic E-state index is -0.659. The van der Waals surface area contributed by atoms with Crippen LogP contribution in [0.15, 0.2) is 45.7 Å². The molecule has 9 heteroatoms. The molecule has 0 atom stereocenters. The molecule has 0 radical (unpaired) electrons. The Hall–Kier alpha value is -3.33. The summed E-state index contributed by atoms with van der Waals surface area (Å²) in [6.07, 6.45) is 1.07. The van der Waals surface area contributed by atoms with Gasteiger partial charge in [0.1, 0.15) is 18.1 Å². The van der Waals surface area contributed by atoms with E-state index < -0.39 is 29.6 Å². The summed E-state index contributed by atoms with van der Waals surface area (Å²) in [5, 5.41) is -0.560. The minimum absolute atomic E-state index is 0.125. The Balaban J connectivity index is 1.81. The molecule has 1 saturated heterocycles. The predicted octanol–water partition coefficient (Wildman–Crippen LogP) is 3.72. The monoisotopic (exact) mass is 429 g/mol. The van der Waals surface area contributed by atoms with E-state index in [0.717, 1.165) is 4.90 Å². The van der Waals surface area contributed by atoms with E-state index in [-0.39, 0.29) is 11.0 Å². The van der Waals surface area contributed by atoms with Crippen molar-refractivity contribution in [2.45, 2.75) is 20.0 Å². The van der Waals surface area contributed by atoms with Gasteiger partial charge in [0.15, 0.2) is 0 Å². The Morgan fingerprint density at radius 2 is 1.90 bits per heavy atom. The largest absolute Gasteiger partial charge is 0.465 e. The topological polar surface area (TPSA) is 103 Å². The van der Waals surface area contributed by atoms with Gasteiger partial charge >= 0.3 is 11.9 Å². The van der Waals surface area contributed by atoms with Gasteiger partial charge in [-0.25, -0.2) is 4.79 Å². The lowest BCUT2D eigenvalue weighted by Crippen LogP contribution is -2.35. The number of nitrogens with zero attached hydrogens (tertiary/aromatic N) is 1. The Morgan fingerprint density at radius 1 is 1.17 bits per heavy atom. The molecule has 30 heavy (non-hydrogen) atoms. The van der Waals surface area contributed by atoms with E-state index in [1.54, 1.807) is 50.2 Å². The lowest BCUT2D eigenvalue weighted by molar-refractivity contribution is -0.149. The molecule has 0 aliphatic carbocycles. The van der Waals surface area contributed by atoms with E-state index in [2.05, 4.69) is 0 Å². The zero-order chi connectivity index (χ0) is 21.8. The first-order valence-corrected chi connectivity index (χ1v) is 9.84. The van der Waals surface area contributed by atoms with Crippen LogP contribution in [-0.2, 0) is 19.1 Å². The van der Waals surface area contributed by atoms with Gasteiger partial charge in [-0.05, 0) is 43.8 Å². The third-order valence-electron chi connectivity index (χ3n) is 4.03. The number of hydrogen-bond acceptors (Lipinski definition) is 8. The zero-order valence-electron chi connectivity index (χ0n) is 16.5. The molecule has 2 heterocycles. The molecule has 1 fully saturated rings. The van der Waals surface area contributed by atoms with Crippen molar-refractivity contribution < 1.29 is 33.1 Å². The third kappa shape index (κ3) is 4.62. The van der Waals surface area contributed by atoms with Crippen molar-refractivity contribution in [2.75, 3.05) is 13.7 Å². The fourth-order valence-electron chi connectivity index (χ4n) is 2.76. The molecule has 0 saturated carbocycles. The lowest BCUT2D eigenvalue weighted by Gasteiger charge is -2.13. The Bertz CT molecular complexity index is 1040. The van der Waals surface area contributed by atoms with E-state index in [1.165, 1.54) is 13.2 Å². The molecule has 0 N–H and O–H groups in total. The second-order valence-corrected chi connectivity index (χ2v) is 7.54. The SMILES string of the molecule is COC(=O)c1ccccc1-c1ccc(/C=C2\SC(=O)N(CC(=O)OC(C)C)C2=O)o1. The van der Waals surface area contributed by atoms with Crippen LogP contribution in [0.1, 0.15) is 30.0 Å². The quantitative estimate of drug-likeness (QED) is 0.506. The van der Waals surface area contributed by atoms with Crippen LogP contribution in [0.25, 0.3) is 17.4 Å². The number of thioether (sulfide) groups is 1. The molecule has 1 aliphatic rings. The highest BCUT2D eigenvalue weighted by Gasteiger charge is 2.37. The first kappa shape index (κ1) is 21.4. The van der Waals surface area contributed by atoms with Crippen molar-refractivity contribution in [3.8, 4) is 11.3 Å². The number of imide groups is 1. The molecule has 1 aromatic heterocycles. The number of hydrogen-bond donors (Lipinski definition) is 0. The number of benzene rings is 1. The fourth-order valence-corrected chi connectivity index (χ4v) is 3.57. The molecule has 1 aliphatic heterocycles. The molecular formula is C21H19NO7S. The van der Waals surface area contributed by atoms with Crippen molar-refractivity contribution in [1.29, 1.82) is 0 Å². The summed E-state index contributed by atoms with van der Waals surface area (Å²) in [7, 11) is 1.29. The Kier molecular flexibility index (Phi) is 6.41. The van der Waals surface area contributed by atoms with Crippen molar-refractivity contribution in [3.05, 3.63) is 52.6 Å². The molecular weight excluding hydrogens is 410 g/mol. The van der Waals surface area contributed by atoms with Gasteiger partial charge in [0.05, 0.1) is 23.7 Å². The predicted molar refractivity (Wildman–Crippen MR) is 109 cm³/mol. The number of methoxy groups -OCH3 is 1. The number of esters is 2. The van der Waals surface area contributed by atoms with E-state index >= 15 is 0 Å².